The number of benzene rings is 2. The van der Waals surface area contributed by atoms with E-state index in [1.807, 2.05) is 19.1 Å². The minimum atomic E-state index is -2.92. The first kappa shape index (κ1) is 18.6. The van der Waals surface area contributed by atoms with Crippen LogP contribution >= 0.6 is 0 Å². The van der Waals surface area contributed by atoms with Gasteiger partial charge in [-0.1, -0.05) is 13.0 Å². The van der Waals surface area contributed by atoms with Gasteiger partial charge < -0.3 is 24.7 Å². The van der Waals surface area contributed by atoms with Gasteiger partial charge in [0.15, 0.2) is 11.5 Å². The summed E-state index contributed by atoms with van der Waals surface area (Å²) in [4.78, 5) is 0. The minimum Gasteiger partial charge on any atom is -0.493 e. The third kappa shape index (κ3) is 4.04. The van der Waals surface area contributed by atoms with Crippen molar-refractivity contribution in [3.63, 3.8) is 0 Å². The number of nitrogens with two attached hydrogens (primary N) is 1. The standard InChI is InChI=1S/C18H21F2NO4/c1-10(11-5-6-14(13(21)7-11)25-18(19)20)12-8-15(22-2)17(24-4)16(9-12)23-3/h5-10,18H,21H2,1-4H3. The molecule has 0 spiro atoms. The van der Waals surface area contributed by atoms with E-state index in [2.05, 4.69) is 4.74 Å². The predicted molar refractivity (Wildman–Crippen MR) is 91.1 cm³/mol. The highest BCUT2D eigenvalue weighted by Gasteiger charge is 2.18. The Balaban J connectivity index is 2.40. The number of ether oxygens (including phenoxy) is 4. The molecule has 0 aliphatic heterocycles. The topological polar surface area (TPSA) is 62.9 Å². The van der Waals surface area contributed by atoms with Crippen molar-refractivity contribution >= 4 is 5.69 Å². The summed E-state index contributed by atoms with van der Waals surface area (Å²) in [5, 5.41) is 0. The van der Waals surface area contributed by atoms with E-state index in [0.717, 1.165) is 11.1 Å². The molecule has 0 saturated carbocycles. The van der Waals surface area contributed by atoms with E-state index in [1.54, 1.807) is 26.4 Å². The molecule has 2 rings (SSSR count). The van der Waals surface area contributed by atoms with E-state index in [0.29, 0.717) is 17.2 Å². The molecule has 0 fully saturated rings. The monoisotopic (exact) mass is 353 g/mol. The summed E-state index contributed by atoms with van der Waals surface area (Å²) in [5.41, 5.74) is 7.71. The van der Waals surface area contributed by atoms with Gasteiger partial charge in [-0.25, -0.2) is 0 Å². The Bertz CT molecular complexity index is 712. The van der Waals surface area contributed by atoms with Gasteiger partial charge in [-0.05, 0) is 35.4 Å². The summed E-state index contributed by atoms with van der Waals surface area (Å²) in [5.74, 6) is 1.44. The zero-order valence-electron chi connectivity index (χ0n) is 14.5. The second-order valence-corrected chi connectivity index (χ2v) is 5.36. The van der Waals surface area contributed by atoms with Crippen molar-refractivity contribution in [3.05, 3.63) is 41.5 Å². The van der Waals surface area contributed by atoms with Gasteiger partial charge in [0, 0.05) is 5.92 Å². The maximum absolute atomic E-state index is 12.3. The Labute approximate surface area is 145 Å². The van der Waals surface area contributed by atoms with Crippen molar-refractivity contribution in [2.75, 3.05) is 27.1 Å². The van der Waals surface area contributed by atoms with Crippen LogP contribution in [0.2, 0.25) is 0 Å². The first-order valence-corrected chi connectivity index (χ1v) is 7.55. The molecule has 7 heteroatoms. The smallest absolute Gasteiger partial charge is 0.387 e. The number of methoxy groups -OCH3 is 3. The summed E-state index contributed by atoms with van der Waals surface area (Å²) in [6, 6.07) is 8.43. The molecule has 0 aliphatic carbocycles. The predicted octanol–water partition coefficient (Wildman–Crippen LogP) is 4.05. The van der Waals surface area contributed by atoms with E-state index in [9.17, 15) is 8.78 Å². The van der Waals surface area contributed by atoms with Gasteiger partial charge in [0.1, 0.15) is 5.75 Å². The third-order valence-electron chi connectivity index (χ3n) is 3.94. The van der Waals surface area contributed by atoms with E-state index < -0.39 is 6.61 Å². The van der Waals surface area contributed by atoms with E-state index in [4.69, 9.17) is 19.9 Å². The van der Waals surface area contributed by atoms with E-state index in [-0.39, 0.29) is 17.4 Å². The molecule has 0 heterocycles. The van der Waals surface area contributed by atoms with Crippen LogP contribution in [-0.4, -0.2) is 27.9 Å². The molecule has 0 aromatic heterocycles. The van der Waals surface area contributed by atoms with Crippen LogP contribution in [0.25, 0.3) is 0 Å². The van der Waals surface area contributed by atoms with Gasteiger partial charge in [0.2, 0.25) is 5.75 Å². The molecule has 2 aromatic rings. The molecule has 25 heavy (non-hydrogen) atoms. The van der Waals surface area contributed by atoms with Gasteiger partial charge >= 0.3 is 6.61 Å². The van der Waals surface area contributed by atoms with Crippen LogP contribution < -0.4 is 24.7 Å². The fourth-order valence-corrected chi connectivity index (χ4v) is 2.58. The molecular weight excluding hydrogens is 332 g/mol. The molecule has 0 amide bonds. The van der Waals surface area contributed by atoms with Gasteiger partial charge in [0.05, 0.1) is 27.0 Å². The lowest BCUT2D eigenvalue weighted by atomic mass is 9.92. The zero-order chi connectivity index (χ0) is 18.6. The number of anilines is 1. The molecule has 1 unspecified atom stereocenters. The molecule has 5 nitrogen and oxygen atoms in total. The maximum Gasteiger partial charge on any atom is 0.387 e. The SMILES string of the molecule is COc1cc(C(C)c2ccc(OC(F)F)c(N)c2)cc(OC)c1OC. The van der Waals surface area contributed by atoms with Gasteiger partial charge in [-0.3, -0.25) is 0 Å². The van der Waals surface area contributed by atoms with Crippen LogP contribution in [0.1, 0.15) is 24.0 Å². The molecule has 0 saturated heterocycles. The van der Waals surface area contributed by atoms with Crippen molar-refractivity contribution in [3.8, 4) is 23.0 Å². The molecule has 2 N–H and O–H groups in total. The lowest BCUT2D eigenvalue weighted by molar-refractivity contribution is -0.0493. The number of hydrogen-bond acceptors (Lipinski definition) is 5. The molecular formula is C18H21F2NO4. The van der Waals surface area contributed by atoms with Gasteiger partial charge in [0.25, 0.3) is 0 Å². The molecule has 2 aromatic carbocycles. The highest BCUT2D eigenvalue weighted by molar-refractivity contribution is 5.58. The van der Waals surface area contributed by atoms with Crippen molar-refractivity contribution in [1.29, 1.82) is 0 Å². The van der Waals surface area contributed by atoms with Crippen molar-refractivity contribution in [2.24, 2.45) is 0 Å². The lowest BCUT2D eigenvalue weighted by Gasteiger charge is -2.19. The molecule has 0 radical (unpaired) electrons. The highest BCUT2D eigenvalue weighted by atomic mass is 19.3. The lowest BCUT2D eigenvalue weighted by Crippen LogP contribution is -2.06. The van der Waals surface area contributed by atoms with Crippen LogP contribution in [0.3, 0.4) is 0 Å². The van der Waals surface area contributed by atoms with Crippen LogP contribution in [0.4, 0.5) is 14.5 Å². The first-order chi connectivity index (χ1) is 11.9. The average Bonchev–Trinajstić information content (AvgIpc) is 2.61. The number of halogens is 2. The van der Waals surface area contributed by atoms with Crippen molar-refractivity contribution in [1.82, 2.24) is 0 Å². The van der Waals surface area contributed by atoms with Gasteiger partial charge in [-0.2, -0.15) is 8.78 Å². The third-order valence-corrected chi connectivity index (χ3v) is 3.94. The first-order valence-electron chi connectivity index (χ1n) is 7.55. The maximum atomic E-state index is 12.3. The van der Waals surface area contributed by atoms with Crippen molar-refractivity contribution in [2.45, 2.75) is 19.5 Å². The Morgan fingerprint density at radius 1 is 0.840 bits per heavy atom. The Hall–Kier alpha value is -2.70. The van der Waals surface area contributed by atoms with E-state index in [1.165, 1.54) is 13.2 Å². The fraction of sp³-hybridized carbons (Fsp3) is 0.333. The summed E-state index contributed by atoms with van der Waals surface area (Å²) in [7, 11) is 4.62. The van der Waals surface area contributed by atoms with Gasteiger partial charge in [-0.15, -0.1) is 0 Å². The van der Waals surface area contributed by atoms with Crippen LogP contribution in [-0.2, 0) is 0 Å². The normalized spacial score (nSPS) is 12.0. The molecule has 0 aliphatic rings. The summed E-state index contributed by atoms with van der Waals surface area (Å²) in [6.45, 7) is -0.955. The average molecular weight is 353 g/mol. The summed E-state index contributed by atoms with van der Waals surface area (Å²) >= 11 is 0. The number of nitrogen functional groups attached to an aromatic ring is 1. The Morgan fingerprint density at radius 3 is 1.88 bits per heavy atom. The fourth-order valence-electron chi connectivity index (χ4n) is 2.58. The summed E-state index contributed by atoms with van der Waals surface area (Å²) < 4.78 is 45.1. The number of hydrogen-bond donors (Lipinski definition) is 1. The molecule has 136 valence electrons. The largest absolute Gasteiger partial charge is 0.493 e. The second kappa shape index (κ2) is 7.92. The number of alkyl halides is 2. The highest BCUT2D eigenvalue weighted by Crippen LogP contribution is 2.41. The molecule has 0 bridgehead atoms. The second-order valence-electron chi connectivity index (χ2n) is 5.36. The zero-order valence-corrected chi connectivity index (χ0v) is 14.5. The van der Waals surface area contributed by atoms with Crippen LogP contribution in [0.5, 0.6) is 23.0 Å². The molecule has 1 atom stereocenters. The minimum absolute atomic E-state index is 0.0455. The summed E-state index contributed by atoms with van der Waals surface area (Å²) in [6.07, 6.45) is 0. The quantitative estimate of drug-likeness (QED) is 0.761. The Kier molecular flexibility index (Phi) is 5.90. The Morgan fingerprint density at radius 2 is 1.44 bits per heavy atom. The number of rotatable bonds is 7. The van der Waals surface area contributed by atoms with Crippen LogP contribution in [0, 0.1) is 0 Å². The van der Waals surface area contributed by atoms with E-state index >= 15 is 0 Å². The van der Waals surface area contributed by atoms with Crippen molar-refractivity contribution < 1.29 is 27.7 Å². The van der Waals surface area contributed by atoms with Crippen LogP contribution in [0.15, 0.2) is 30.3 Å².